The molecule has 35 heavy (non-hydrogen) atoms. The molecule has 0 aliphatic carbocycles. The van der Waals surface area contributed by atoms with Gasteiger partial charge in [0.1, 0.15) is 17.5 Å². The molecule has 0 spiro atoms. The molecule has 1 unspecified atom stereocenters. The molecule has 2 aromatic heterocycles. The molecule has 0 bridgehead atoms. The fourth-order valence-electron chi connectivity index (χ4n) is 4.76. The number of carbonyl (C=O) groups is 1. The maximum Gasteiger partial charge on any atom is 0.228 e. The third-order valence-electron chi connectivity index (χ3n) is 6.66. The monoisotopic (exact) mass is 480 g/mol. The number of hydrogen-bond acceptors (Lipinski definition) is 5. The van der Waals surface area contributed by atoms with Crippen LogP contribution in [-0.4, -0.2) is 56.7 Å². The molecule has 3 aromatic rings. The molecule has 1 saturated heterocycles. The zero-order valence-electron chi connectivity index (χ0n) is 21.8. The number of hydrogen-bond donors (Lipinski definition) is 0. The van der Waals surface area contributed by atoms with Crippen molar-refractivity contribution in [1.29, 1.82) is 0 Å². The van der Waals surface area contributed by atoms with Crippen LogP contribution in [0.4, 0.5) is 10.2 Å². The minimum atomic E-state index is -0.396. The van der Waals surface area contributed by atoms with Crippen LogP contribution in [0.15, 0.2) is 24.3 Å². The second kappa shape index (κ2) is 9.91. The summed E-state index contributed by atoms with van der Waals surface area (Å²) in [6.07, 6.45) is 2.91. The lowest BCUT2D eigenvalue weighted by Crippen LogP contribution is -2.41. The van der Waals surface area contributed by atoms with Gasteiger partial charge in [-0.25, -0.2) is 19.0 Å². The SMILES string of the molecule is CCCC(C)c1nc(N2CCCN(C(=O)C(C)(C)C)CC2)c2c(C)nn(-c3ccc(F)cc3)c2n1. The maximum atomic E-state index is 13.6. The fraction of sp³-hybridized carbons (Fsp3) is 0.556. The molecule has 188 valence electrons. The highest BCUT2D eigenvalue weighted by Gasteiger charge is 2.30. The number of anilines is 1. The highest BCUT2D eigenvalue weighted by Crippen LogP contribution is 2.32. The van der Waals surface area contributed by atoms with E-state index in [1.54, 1.807) is 16.8 Å². The predicted octanol–water partition coefficient (Wildman–Crippen LogP) is 5.25. The summed E-state index contributed by atoms with van der Waals surface area (Å²) in [5.74, 6) is 1.78. The number of halogens is 1. The summed E-state index contributed by atoms with van der Waals surface area (Å²) >= 11 is 0. The predicted molar refractivity (Wildman–Crippen MR) is 138 cm³/mol. The van der Waals surface area contributed by atoms with Crippen molar-refractivity contribution in [3.05, 3.63) is 41.6 Å². The Kier molecular flexibility index (Phi) is 7.10. The summed E-state index contributed by atoms with van der Waals surface area (Å²) in [6, 6.07) is 6.33. The minimum Gasteiger partial charge on any atom is -0.354 e. The summed E-state index contributed by atoms with van der Waals surface area (Å²) in [7, 11) is 0. The number of aromatic nitrogens is 4. The number of aryl methyl sites for hydroxylation is 1. The molecule has 8 heteroatoms. The number of fused-ring (bicyclic) bond motifs is 1. The molecule has 0 radical (unpaired) electrons. The number of amides is 1. The van der Waals surface area contributed by atoms with Gasteiger partial charge in [-0.3, -0.25) is 4.79 Å². The van der Waals surface area contributed by atoms with Gasteiger partial charge in [-0.05, 0) is 44.0 Å². The van der Waals surface area contributed by atoms with Gasteiger partial charge in [0.05, 0.1) is 16.8 Å². The second-order valence-corrected chi connectivity index (χ2v) is 10.7. The van der Waals surface area contributed by atoms with E-state index in [0.29, 0.717) is 13.1 Å². The van der Waals surface area contributed by atoms with E-state index in [9.17, 15) is 9.18 Å². The van der Waals surface area contributed by atoms with E-state index in [2.05, 4.69) is 18.7 Å². The maximum absolute atomic E-state index is 13.6. The second-order valence-electron chi connectivity index (χ2n) is 10.7. The quantitative estimate of drug-likeness (QED) is 0.499. The first kappa shape index (κ1) is 25.1. The average Bonchev–Trinajstić information content (AvgIpc) is 2.98. The van der Waals surface area contributed by atoms with E-state index < -0.39 is 5.41 Å². The third-order valence-corrected chi connectivity index (χ3v) is 6.66. The van der Waals surface area contributed by atoms with Gasteiger partial charge < -0.3 is 9.80 Å². The van der Waals surface area contributed by atoms with E-state index in [0.717, 1.165) is 66.4 Å². The Labute approximate surface area is 207 Å². The summed E-state index contributed by atoms with van der Waals surface area (Å²) in [6.45, 7) is 15.1. The first-order chi connectivity index (χ1) is 16.6. The summed E-state index contributed by atoms with van der Waals surface area (Å²) < 4.78 is 15.4. The van der Waals surface area contributed by atoms with Crippen LogP contribution in [0, 0.1) is 18.2 Å². The normalized spacial score (nSPS) is 16.0. The van der Waals surface area contributed by atoms with E-state index >= 15 is 0 Å². The molecule has 1 fully saturated rings. The van der Waals surface area contributed by atoms with Crippen molar-refractivity contribution in [2.45, 2.75) is 66.7 Å². The number of benzene rings is 1. The summed E-state index contributed by atoms with van der Waals surface area (Å²) in [5, 5.41) is 5.71. The Morgan fingerprint density at radius 1 is 1.09 bits per heavy atom. The van der Waals surface area contributed by atoms with Gasteiger partial charge in [-0.15, -0.1) is 0 Å². The lowest BCUT2D eigenvalue weighted by molar-refractivity contribution is -0.139. The van der Waals surface area contributed by atoms with Crippen LogP contribution in [-0.2, 0) is 4.79 Å². The van der Waals surface area contributed by atoms with E-state index in [1.807, 2.05) is 32.6 Å². The Morgan fingerprint density at radius 2 is 1.80 bits per heavy atom. The molecule has 1 aliphatic rings. The highest BCUT2D eigenvalue weighted by atomic mass is 19.1. The van der Waals surface area contributed by atoms with Crippen LogP contribution in [0.2, 0.25) is 0 Å². The topological polar surface area (TPSA) is 67.2 Å². The van der Waals surface area contributed by atoms with Crippen molar-refractivity contribution in [2.75, 3.05) is 31.1 Å². The smallest absolute Gasteiger partial charge is 0.228 e. The van der Waals surface area contributed by atoms with E-state index in [4.69, 9.17) is 15.1 Å². The molecule has 0 N–H and O–H groups in total. The minimum absolute atomic E-state index is 0.185. The van der Waals surface area contributed by atoms with Crippen LogP contribution in [0.1, 0.15) is 71.3 Å². The molecular weight excluding hydrogens is 443 g/mol. The lowest BCUT2D eigenvalue weighted by atomic mass is 9.94. The van der Waals surface area contributed by atoms with Crippen LogP contribution in [0.25, 0.3) is 16.7 Å². The molecule has 1 aromatic carbocycles. The van der Waals surface area contributed by atoms with Crippen LogP contribution >= 0.6 is 0 Å². The Balaban J connectivity index is 1.79. The molecule has 1 amide bonds. The Morgan fingerprint density at radius 3 is 2.46 bits per heavy atom. The Bertz CT molecular complexity index is 1200. The largest absolute Gasteiger partial charge is 0.354 e. The standard InChI is InChI=1S/C27H37FN6O/c1-7-9-18(2)23-29-24(32-14-8-15-33(17-16-32)26(35)27(4,5)6)22-19(3)31-34(25(22)30-23)21-12-10-20(28)11-13-21/h10-13,18H,7-9,14-17H2,1-6H3. The Hall–Kier alpha value is -3.03. The fourth-order valence-corrected chi connectivity index (χ4v) is 4.76. The lowest BCUT2D eigenvalue weighted by Gasteiger charge is -2.28. The summed E-state index contributed by atoms with van der Waals surface area (Å²) in [4.78, 5) is 27.2. The van der Waals surface area contributed by atoms with Crippen molar-refractivity contribution in [2.24, 2.45) is 5.41 Å². The van der Waals surface area contributed by atoms with Crippen molar-refractivity contribution in [3.8, 4) is 5.69 Å². The zero-order chi connectivity index (χ0) is 25.3. The first-order valence-corrected chi connectivity index (χ1v) is 12.7. The average molecular weight is 481 g/mol. The zero-order valence-corrected chi connectivity index (χ0v) is 21.8. The van der Waals surface area contributed by atoms with Gasteiger partial charge in [0.15, 0.2) is 5.65 Å². The molecule has 7 nitrogen and oxygen atoms in total. The number of carbonyl (C=O) groups excluding carboxylic acids is 1. The van der Waals surface area contributed by atoms with Gasteiger partial charge in [-0.1, -0.05) is 41.0 Å². The van der Waals surface area contributed by atoms with Crippen molar-refractivity contribution < 1.29 is 9.18 Å². The molecule has 0 saturated carbocycles. The van der Waals surface area contributed by atoms with E-state index in [1.165, 1.54) is 12.1 Å². The number of nitrogens with zero attached hydrogens (tertiary/aromatic N) is 6. The molecular formula is C27H37FN6O. The molecule has 3 heterocycles. The van der Waals surface area contributed by atoms with Gasteiger partial charge in [0.25, 0.3) is 0 Å². The van der Waals surface area contributed by atoms with Crippen molar-refractivity contribution in [3.63, 3.8) is 0 Å². The van der Waals surface area contributed by atoms with Gasteiger partial charge in [-0.2, -0.15) is 5.10 Å². The van der Waals surface area contributed by atoms with Crippen molar-refractivity contribution >= 4 is 22.8 Å². The number of rotatable bonds is 5. The summed E-state index contributed by atoms with van der Waals surface area (Å²) in [5.41, 5.74) is 1.94. The van der Waals surface area contributed by atoms with Crippen LogP contribution in [0.3, 0.4) is 0 Å². The van der Waals surface area contributed by atoms with Gasteiger partial charge in [0.2, 0.25) is 5.91 Å². The van der Waals surface area contributed by atoms with Gasteiger partial charge in [0, 0.05) is 37.5 Å². The van der Waals surface area contributed by atoms with E-state index in [-0.39, 0.29) is 17.6 Å². The molecule has 1 atom stereocenters. The third kappa shape index (κ3) is 5.16. The molecule has 4 rings (SSSR count). The van der Waals surface area contributed by atoms with Gasteiger partial charge >= 0.3 is 0 Å². The van der Waals surface area contributed by atoms with Crippen LogP contribution in [0.5, 0.6) is 0 Å². The first-order valence-electron chi connectivity index (χ1n) is 12.7. The van der Waals surface area contributed by atoms with Crippen molar-refractivity contribution in [1.82, 2.24) is 24.6 Å². The van der Waals surface area contributed by atoms with Crippen LogP contribution < -0.4 is 4.90 Å². The highest BCUT2D eigenvalue weighted by molar-refractivity contribution is 5.91. The molecule has 1 aliphatic heterocycles.